The van der Waals surface area contributed by atoms with Gasteiger partial charge in [0.05, 0.1) is 0 Å². The number of allylic oxidation sites excluding steroid dienone is 1. The number of hydrogen-bond donors (Lipinski definition) is 0. The standard InChI is InChI=1S/C9H6N.BrH.Mg/c10-8-4-7-9-5-2-1-3-6-9;;/h1-3,5-7H;1H;/q-1;;+2/p-1. The average Bonchev–Trinajstić information content (AvgIpc) is 2.03. The molecular formula is C9H6BrMgN. The monoisotopic (exact) mass is 231 g/mol. The summed E-state index contributed by atoms with van der Waals surface area (Å²) in [7, 11) is 0. The van der Waals surface area contributed by atoms with Crippen molar-refractivity contribution in [2.75, 3.05) is 0 Å². The van der Waals surface area contributed by atoms with E-state index in [4.69, 9.17) is 5.26 Å². The molecule has 0 saturated heterocycles. The van der Waals surface area contributed by atoms with Crippen molar-refractivity contribution >= 4 is 29.1 Å². The summed E-state index contributed by atoms with van der Waals surface area (Å²) in [6.07, 6.45) is 4.10. The predicted octanol–water partition coefficient (Wildman–Crippen LogP) is -1.35. The van der Waals surface area contributed by atoms with E-state index in [2.05, 4.69) is 6.08 Å². The molecule has 0 atom stereocenters. The van der Waals surface area contributed by atoms with Crippen molar-refractivity contribution in [3.8, 4) is 6.07 Å². The largest absolute Gasteiger partial charge is 2.00 e. The fourth-order valence-corrected chi connectivity index (χ4v) is 0.665. The Kier molecular flexibility index (Phi) is 10.4. The molecule has 0 saturated carbocycles. The van der Waals surface area contributed by atoms with Gasteiger partial charge in [-0.3, -0.25) is 0 Å². The zero-order valence-electron chi connectivity index (χ0n) is 6.50. The fourth-order valence-electron chi connectivity index (χ4n) is 0.665. The second-order valence-corrected chi connectivity index (χ2v) is 1.81. The molecule has 0 heterocycles. The third-order valence-electron chi connectivity index (χ3n) is 1.10. The fraction of sp³-hybridized carbons (Fsp3) is 0. The molecule has 1 aromatic rings. The zero-order valence-corrected chi connectivity index (χ0v) is 9.50. The van der Waals surface area contributed by atoms with E-state index in [9.17, 15) is 0 Å². The van der Waals surface area contributed by atoms with Gasteiger partial charge in [0.15, 0.2) is 0 Å². The molecule has 0 N–H and O–H groups in total. The zero-order chi connectivity index (χ0) is 7.23. The molecule has 0 aliphatic carbocycles. The van der Waals surface area contributed by atoms with Crippen LogP contribution in [0.5, 0.6) is 0 Å². The smallest absolute Gasteiger partial charge is 1.00 e. The number of hydrogen-bond acceptors (Lipinski definition) is 1. The minimum Gasteiger partial charge on any atom is -1.00 e. The van der Waals surface area contributed by atoms with Crippen molar-refractivity contribution in [2.45, 2.75) is 0 Å². The van der Waals surface area contributed by atoms with Crippen LogP contribution in [0, 0.1) is 17.4 Å². The normalized spacial score (nSPS) is 7.92. The van der Waals surface area contributed by atoms with E-state index in [1.54, 1.807) is 6.08 Å². The first kappa shape index (κ1) is 14.2. The van der Waals surface area contributed by atoms with Crippen LogP contribution < -0.4 is 17.0 Å². The van der Waals surface area contributed by atoms with Crippen LogP contribution in [0.25, 0.3) is 6.08 Å². The summed E-state index contributed by atoms with van der Waals surface area (Å²) in [5.74, 6) is 0. The summed E-state index contributed by atoms with van der Waals surface area (Å²) in [6.45, 7) is 0. The molecule has 0 fully saturated rings. The van der Waals surface area contributed by atoms with Gasteiger partial charge in [0, 0.05) is 0 Å². The van der Waals surface area contributed by atoms with Crippen LogP contribution in [0.1, 0.15) is 5.56 Å². The van der Waals surface area contributed by atoms with Crippen LogP contribution >= 0.6 is 0 Å². The Bertz CT molecular complexity index is 264. The van der Waals surface area contributed by atoms with Crippen LogP contribution in [0.4, 0.5) is 0 Å². The molecule has 0 bridgehead atoms. The van der Waals surface area contributed by atoms with E-state index in [1.807, 2.05) is 36.4 Å². The number of nitriles is 1. The number of halogens is 1. The molecule has 1 aromatic carbocycles. The molecule has 1 nitrogen and oxygen atoms in total. The van der Waals surface area contributed by atoms with Crippen molar-refractivity contribution in [2.24, 2.45) is 0 Å². The molecule has 0 unspecified atom stereocenters. The minimum atomic E-state index is 0. The third-order valence-corrected chi connectivity index (χ3v) is 1.10. The Morgan fingerprint density at radius 1 is 1.25 bits per heavy atom. The van der Waals surface area contributed by atoms with Gasteiger partial charge in [-0.05, 0) is 6.07 Å². The van der Waals surface area contributed by atoms with Gasteiger partial charge in [-0.25, -0.2) is 11.3 Å². The van der Waals surface area contributed by atoms with E-state index in [0.717, 1.165) is 5.56 Å². The molecule has 56 valence electrons. The molecule has 0 spiro atoms. The van der Waals surface area contributed by atoms with E-state index in [0.29, 0.717) is 0 Å². The second-order valence-electron chi connectivity index (χ2n) is 1.81. The van der Waals surface area contributed by atoms with Gasteiger partial charge in [0.2, 0.25) is 0 Å². The van der Waals surface area contributed by atoms with Crippen LogP contribution in [-0.4, -0.2) is 23.1 Å². The van der Waals surface area contributed by atoms with Crippen molar-refractivity contribution in [3.63, 3.8) is 0 Å². The molecule has 0 radical (unpaired) electrons. The van der Waals surface area contributed by atoms with Crippen molar-refractivity contribution in [1.82, 2.24) is 0 Å². The van der Waals surface area contributed by atoms with E-state index < -0.39 is 0 Å². The van der Waals surface area contributed by atoms with Crippen molar-refractivity contribution in [3.05, 3.63) is 42.0 Å². The van der Waals surface area contributed by atoms with Crippen LogP contribution in [0.15, 0.2) is 30.3 Å². The predicted molar refractivity (Wildman–Crippen MR) is 45.5 cm³/mol. The minimum absolute atomic E-state index is 0. The Labute approximate surface area is 99.0 Å². The van der Waals surface area contributed by atoms with Crippen LogP contribution in [-0.2, 0) is 0 Å². The first-order chi connectivity index (χ1) is 4.93. The van der Waals surface area contributed by atoms with Gasteiger partial charge in [-0.2, -0.15) is 11.6 Å². The topological polar surface area (TPSA) is 23.8 Å². The maximum atomic E-state index is 8.14. The van der Waals surface area contributed by atoms with Crippen molar-refractivity contribution in [1.29, 1.82) is 5.26 Å². The summed E-state index contributed by atoms with van der Waals surface area (Å²) in [5, 5.41) is 8.14. The first-order valence-corrected chi connectivity index (χ1v) is 2.96. The molecular weight excluding hydrogens is 226 g/mol. The number of benzene rings is 1. The van der Waals surface area contributed by atoms with E-state index in [1.165, 1.54) is 0 Å². The molecule has 12 heavy (non-hydrogen) atoms. The Balaban J connectivity index is 0. The Morgan fingerprint density at radius 3 is 2.33 bits per heavy atom. The third kappa shape index (κ3) is 5.36. The molecule has 1 rings (SSSR count). The number of rotatable bonds is 1. The molecule has 0 aromatic heterocycles. The maximum Gasteiger partial charge on any atom is 2.00 e. The first-order valence-electron chi connectivity index (χ1n) is 2.96. The Hall–Kier alpha value is -0.304. The summed E-state index contributed by atoms with van der Waals surface area (Å²) in [6, 6.07) is 11.4. The summed E-state index contributed by atoms with van der Waals surface area (Å²) < 4.78 is 0. The SMILES string of the molecule is N#C[C-]=Cc1ccccc1.[Br-].[Mg+2]. The van der Waals surface area contributed by atoms with Crippen LogP contribution in [0.2, 0.25) is 0 Å². The quantitative estimate of drug-likeness (QED) is 0.334. The van der Waals surface area contributed by atoms with Gasteiger partial charge in [0.1, 0.15) is 0 Å². The summed E-state index contributed by atoms with van der Waals surface area (Å²) in [5.41, 5.74) is 1.00. The molecule has 3 heteroatoms. The van der Waals surface area contributed by atoms with Gasteiger partial charge >= 0.3 is 23.1 Å². The summed E-state index contributed by atoms with van der Waals surface area (Å²) in [4.78, 5) is 0. The summed E-state index contributed by atoms with van der Waals surface area (Å²) >= 11 is 0. The van der Waals surface area contributed by atoms with Gasteiger partial charge in [0.25, 0.3) is 0 Å². The molecule has 0 aliphatic rings. The molecule has 0 aliphatic heterocycles. The maximum absolute atomic E-state index is 8.14. The van der Waals surface area contributed by atoms with Gasteiger partial charge in [-0.15, -0.1) is 12.1 Å². The van der Waals surface area contributed by atoms with Gasteiger partial charge in [-0.1, -0.05) is 18.2 Å². The Morgan fingerprint density at radius 2 is 1.83 bits per heavy atom. The van der Waals surface area contributed by atoms with Gasteiger partial charge < -0.3 is 17.0 Å². The number of nitrogens with zero attached hydrogens (tertiary/aromatic N) is 1. The second kappa shape index (κ2) is 8.79. The van der Waals surface area contributed by atoms with E-state index in [-0.39, 0.29) is 40.0 Å². The molecule has 0 amide bonds. The average molecular weight is 232 g/mol. The van der Waals surface area contributed by atoms with Crippen LogP contribution in [0.3, 0.4) is 0 Å². The van der Waals surface area contributed by atoms with E-state index >= 15 is 0 Å². The van der Waals surface area contributed by atoms with Crippen molar-refractivity contribution < 1.29 is 17.0 Å².